The van der Waals surface area contributed by atoms with Crippen LogP contribution in [0.25, 0.3) is 0 Å². The third-order valence-electron chi connectivity index (χ3n) is 3.73. The lowest BCUT2D eigenvalue weighted by molar-refractivity contribution is -0.117. The lowest BCUT2D eigenvalue weighted by atomic mass is 10.2. The number of carbonyl (C=O) groups excluding carboxylic acids is 2. The van der Waals surface area contributed by atoms with Crippen molar-refractivity contribution in [1.82, 2.24) is 10.3 Å². The molecule has 3 rings (SSSR count). The molecule has 3 amide bonds. The highest BCUT2D eigenvalue weighted by molar-refractivity contribution is 5.97. The number of pyridine rings is 1. The summed E-state index contributed by atoms with van der Waals surface area (Å²) in [6.45, 7) is 0.418. The first-order valence-corrected chi connectivity index (χ1v) is 7.58. The molecule has 124 valence electrons. The molecule has 0 unspecified atom stereocenters. The van der Waals surface area contributed by atoms with E-state index >= 15 is 0 Å². The number of hydrogen-bond donors (Lipinski definition) is 2. The van der Waals surface area contributed by atoms with Gasteiger partial charge in [0.15, 0.2) is 0 Å². The monoisotopic (exact) mass is 326 g/mol. The Bertz CT molecular complexity index is 736. The molecule has 1 aromatic heterocycles. The maximum absolute atomic E-state index is 12.2. The standard InChI is InChI=1S/C17H18N4O3/c1-24-14-6-4-5-13(10-14)21-11-12(9-16(21)22)19-17(23)20-15-7-2-3-8-18-15/h2-8,10,12H,9,11H2,1H3,(H2,18,19,20,23)/t12-/m1/s1. The molecular formula is C17H18N4O3. The van der Waals surface area contributed by atoms with Crippen LogP contribution in [0.2, 0.25) is 0 Å². The predicted molar refractivity (Wildman–Crippen MR) is 90.1 cm³/mol. The van der Waals surface area contributed by atoms with E-state index in [-0.39, 0.29) is 24.4 Å². The van der Waals surface area contributed by atoms with Gasteiger partial charge in [0.2, 0.25) is 5.91 Å². The second-order valence-corrected chi connectivity index (χ2v) is 5.42. The van der Waals surface area contributed by atoms with E-state index in [4.69, 9.17) is 4.74 Å². The number of hydrogen-bond acceptors (Lipinski definition) is 4. The smallest absolute Gasteiger partial charge is 0.320 e. The van der Waals surface area contributed by atoms with Crippen LogP contribution in [0.3, 0.4) is 0 Å². The summed E-state index contributed by atoms with van der Waals surface area (Å²) in [5.74, 6) is 1.11. The largest absolute Gasteiger partial charge is 0.497 e. The molecule has 7 heteroatoms. The molecule has 2 heterocycles. The van der Waals surface area contributed by atoms with Crippen molar-refractivity contribution in [2.75, 3.05) is 23.9 Å². The maximum atomic E-state index is 12.2. The van der Waals surface area contributed by atoms with E-state index in [1.54, 1.807) is 42.5 Å². The van der Waals surface area contributed by atoms with Crippen molar-refractivity contribution < 1.29 is 14.3 Å². The molecule has 0 aliphatic carbocycles. The van der Waals surface area contributed by atoms with E-state index < -0.39 is 0 Å². The highest BCUT2D eigenvalue weighted by atomic mass is 16.5. The number of amides is 3. The van der Waals surface area contributed by atoms with Crippen molar-refractivity contribution in [1.29, 1.82) is 0 Å². The van der Waals surface area contributed by atoms with Gasteiger partial charge in [0.05, 0.1) is 13.2 Å². The van der Waals surface area contributed by atoms with Crippen LogP contribution >= 0.6 is 0 Å². The Hall–Kier alpha value is -3.09. The zero-order chi connectivity index (χ0) is 16.9. The van der Waals surface area contributed by atoms with Gasteiger partial charge in [0, 0.05) is 30.9 Å². The van der Waals surface area contributed by atoms with Crippen LogP contribution in [-0.4, -0.2) is 36.6 Å². The maximum Gasteiger partial charge on any atom is 0.320 e. The minimum atomic E-state index is -0.376. The Morgan fingerprint density at radius 2 is 2.17 bits per heavy atom. The molecule has 1 aliphatic heterocycles. The molecule has 2 N–H and O–H groups in total. The third-order valence-corrected chi connectivity index (χ3v) is 3.73. The molecule has 7 nitrogen and oxygen atoms in total. The van der Waals surface area contributed by atoms with E-state index in [1.807, 2.05) is 18.2 Å². The number of benzene rings is 1. The van der Waals surface area contributed by atoms with Gasteiger partial charge < -0.3 is 15.0 Å². The molecule has 2 aromatic rings. The summed E-state index contributed by atoms with van der Waals surface area (Å²) in [7, 11) is 1.58. The SMILES string of the molecule is COc1cccc(N2C[C@H](NC(=O)Nc3ccccn3)CC2=O)c1. The summed E-state index contributed by atoms with van der Waals surface area (Å²) in [5.41, 5.74) is 0.758. The first-order valence-electron chi connectivity index (χ1n) is 7.58. The van der Waals surface area contributed by atoms with Crippen LogP contribution in [-0.2, 0) is 4.79 Å². The summed E-state index contributed by atoms with van der Waals surface area (Å²) in [6.07, 6.45) is 1.85. The van der Waals surface area contributed by atoms with Gasteiger partial charge in [-0.1, -0.05) is 12.1 Å². The lowest BCUT2D eigenvalue weighted by Gasteiger charge is -2.18. The van der Waals surface area contributed by atoms with Crippen LogP contribution in [0.4, 0.5) is 16.3 Å². The summed E-state index contributed by atoms with van der Waals surface area (Å²) < 4.78 is 5.18. The molecule has 0 spiro atoms. The second kappa shape index (κ2) is 6.99. The molecule has 1 saturated heterocycles. The summed E-state index contributed by atoms with van der Waals surface area (Å²) >= 11 is 0. The van der Waals surface area contributed by atoms with Crippen molar-refractivity contribution in [3.63, 3.8) is 0 Å². The fraction of sp³-hybridized carbons (Fsp3) is 0.235. The minimum Gasteiger partial charge on any atom is -0.497 e. The van der Waals surface area contributed by atoms with Crippen molar-refractivity contribution in [2.24, 2.45) is 0 Å². The van der Waals surface area contributed by atoms with Crippen molar-refractivity contribution in [3.8, 4) is 5.75 Å². The molecule has 24 heavy (non-hydrogen) atoms. The zero-order valence-corrected chi connectivity index (χ0v) is 13.2. The van der Waals surface area contributed by atoms with Gasteiger partial charge in [-0.25, -0.2) is 9.78 Å². The number of urea groups is 1. The quantitative estimate of drug-likeness (QED) is 0.900. The molecule has 1 aliphatic rings. The molecule has 1 atom stereocenters. The first-order chi connectivity index (χ1) is 11.7. The number of nitrogens with one attached hydrogen (secondary N) is 2. The molecule has 1 fully saturated rings. The van der Waals surface area contributed by atoms with Crippen LogP contribution in [0.5, 0.6) is 5.75 Å². The van der Waals surface area contributed by atoms with Crippen LogP contribution in [0, 0.1) is 0 Å². The summed E-state index contributed by atoms with van der Waals surface area (Å²) in [5, 5.41) is 5.45. The Balaban J connectivity index is 1.61. The number of nitrogens with zero attached hydrogens (tertiary/aromatic N) is 2. The molecule has 1 aromatic carbocycles. The summed E-state index contributed by atoms with van der Waals surface area (Å²) in [6, 6.07) is 11.9. The highest BCUT2D eigenvalue weighted by Crippen LogP contribution is 2.25. The Kier molecular flexibility index (Phi) is 4.60. The predicted octanol–water partition coefficient (Wildman–Crippen LogP) is 2.02. The van der Waals surface area contributed by atoms with Gasteiger partial charge in [-0.15, -0.1) is 0 Å². The minimum absolute atomic E-state index is 0.0358. The number of rotatable bonds is 4. The molecule has 0 bridgehead atoms. The van der Waals surface area contributed by atoms with E-state index in [1.165, 1.54) is 0 Å². The van der Waals surface area contributed by atoms with E-state index in [2.05, 4.69) is 15.6 Å². The van der Waals surface area contributed by atoms with E-state index in [9.17, 15) is 9.59 Å². The highest BCUT2D eigenvalue weighted by Gasteiger charge is 2.31. The number of methoxy groups -OCH3 is 1. The van der Waals surface area contributed by atoms with Gasteiger partial charge in [-0.05, 0) is 24.3 Å². The second-order valence-electron chi connectivity index (χ2n) is 5.42. The average Bonchev–Trinajstić information content (AvgIpc) is 2.96. The van der Waals surface area contributed by atoms with E-state index in [0.29, 0.717) is 18.1 Å². The van der Waals surface area contributed by atoms with Gasteiger partial charge in [0.25, 0.3) is 0 Å². The zero-order valence-electron chi connectivity index (χ0n) is 13.2. The summed E-state index contributed by atoms with van der Waals surface area (Å²) in [4.78, 5) is 29.9. The van der Waals surface area contributed by atoms with Gasteiger partial charge >= 0.3 is 6.03 Å². The number of carbonyl (C=O) groups is 2. The first kappa shape index (κ1) is 15.8. The van der Waals surface area contributed by atoms with Crippen molar-refractivity contribution in [3.05, 3.63) is 48.7 Å². The lowest BCUT2D eigenvalue weighted by Crippen LogP contribution is -2.39. The number of aromatic nitrogens is 1. The molecular weight excluding hydrogens is 308 g/mol. The van der Waals surface area contributed by atoms with Gasteiger partial charge in [0.1, 0.15) is 11.6 Å². The van der Waals surface area contributed by atoms with Crippen molar-refractivity contribution >= 4 is 23.4 Å². The Morgan fingerprint density at radius 3 is 2.92 bits per heavy atom. The molecule has 0 saturated carbocycles. The topological polar surface area (TPSA) is 83.6 Å². The molecule has 0 radical (unpaired) electrons. The van der Waals surface area contributed by atoms with Crippen molar-refractivity contribution in [2.45, 2.75) is 12.5 Å². The number of anilines is 2. The van der Waals surface area contributed by atoms with Gasteiger partial charge in [-0.3, -0.25) is 10.1 Å². The Labute approximate surface area is 139 Å². The van der Waals surface area contributed by atoms with Crippen LogP contribution in [0.15, 0.2) is 48.7 Å². The van der Waals surface area contributed by atoms with E-state index in [0.717, 1.165) is 5.69 Å². The van der Waals surface area contributed by atoms with Crippen LogP contribution < -0.4 is 20.3 Å². The number of ether oxygens (including phenoxy) is 1. The third kappa shape index (κ3) is 3.62. The van der Waals surface area contributed by atoms with Crippen LogP contribution in [0.1, 0.15) is 6.42 Å². The normalized spacial score (nSPS) is 16.8. The Morgan fingerprint density at radius 1 is 1.29 bits per heavy atom. The fourth-order valence-corrected chi connectivity index (χ4v) is 2.61. The van der Waals surface area contributed by atoms with Gasteiger partial charge in [-0.2, -0.15) is 0 Å². The fourth-order valence-electron chi connectivity index (χ4n) is 2.61. The average molecular weight is 326 g/mol.